The van der Waals surface area contributed by atoms with Crippen LogP contribution in [0.3, 0.4) is 0 Å². The van der Waals surface area contributed by atoms with Crippen LogP contribution in [0.5, 0.6) is 0 Å². The quantitative estimate of drug-likeness (QED) is 0.828. The van der Waals surface area contributed by atoms with E-state index in [1.54, 1.807) is 0 Å². The summed E-state index contributed by atoms with van der Waals surface area (Å²) in [6, 6.07) is 7.57. The normalized spacial score (nSPS) is 12.8. The number of fused-ring (bicyclic) bond motifs is 1. The van der Waals surface area contributed by atoms with Gasteiger partial charge >= 0.3 is 5.97 Å². The minimum absolute atomic E-state index is 0.530. The number of hydrogen-bond donors (Lipinski definition) is 2. The molecule has 0 saturated carbocycles. The third-order valence-corrected chi connectivity index (χ3v) is 2.61. The zero-order valence-electron chi connectivity index (χ0n) is 9.10. The number of H-pyrrole nitrogens is 1. The molecule has 2 N–H and O–H groups in total. The third kappa shape index (κ3) is 1.91. The lowest BCUT2D eigenvalue weighted by molar-refractivity contribution is -0.139. The summed E-state index contributed by atoms with van der Waals surface area (Å²) in [7, 11) is 0. The highest BCUT2D eigenvalue weighted by atomic mass is 16.4. The van der Waals surface area contributed by atoms with Crippen molar-refractivity contribution in [1.82, 2.24) is 9.97 Å². The molecule has 4 nitrogen and oxygen atoms in total. The highest BCUT2D eigenvalue weighted by Crippen LogP contribution is 2.21. The summed E-state index contributed by atoms with van der Waals surface area (Å²) < 4.78 is 0. The summed E-state index contributed by atoms with van der Waals surface area (Å²) >= 11 is 0. The first-order chi connectivity index (χ1) is 7.72. The van der Waals surface area contributed by atoms with Gasteiger partial charge in [0.25, 0.3) is 0 Å². The number of rotatable bonds is 4. The molecule has 84 valence electrons. The summed E-state index contributed by atoms with van der Waals surface area (Å²) in [6.45, 7) is 1.97. The zero-order valence-corrected chi connectivity index (χ0v) is 9.10. The Morgan fingerprint density at radius 3 is 2.88 bits per heavy atom. The summed E-state index contributed by atoms with van der Waals surface area (Å²) in [5, 5.41) is 9.12. The maximum absolute atomic E-state index is 11.1. The number of nitrogens with one attached hydrogen (secondary N) is 1. The van der Waals surface area contributed by atoms with Crippen LogP contribution >= 0.6 is 0 Å². The maximum Gasteiger partial charge on any atom is 0.314 e. The SMILES string of the molecule is CCCC(C(=O)O)c1nc2ccccc2[nH]1. The Hall–Kier alpha value is -1.84. The second-order valence-corrected chi connectivity index (χ2v) is 3.82. The molecule has 0 aliphatic carbocycles. The number of benzene rings is 1. The lowest BCUT2D eigenvalue weighted by Gasteiger charge is -2.06. The van der Waals surface area contributed by atoms with Gasteiger partial charge < -0.3 is 10.1 Å². The van der Waals surface area contributed by atoms with E-state index in [2.05, 4.69) is 9.97 Å². The van der Waals surface area contributed by atoms with Crippen molar-refractivity contribution in [1.29, 1.82) is 0 Å². The predicted molar refractivity (Wildman–Crippen MR) is 61.4 cm³/mol. The first kappa shape index (κ1) is 10.7. The molecule has 0 saturated heterocycles. The van der Waals surface area contributed by atoms with Crippen molar-refractivity contribution in [3.05, 3.63) is 30.1 Å². The molecule has 1 unspecified atom stereocenters. The number of carboxylic acids is 1. The van der Waals surface area contributed by atoms with E-state index in [1.807, 2.05) is 31.2 Å². The van der Waals surface area contributed by atoms with E-state index in [9.17, 15) is 4.79 Å². The zero-order chi connectivity index (χ0) is 11.5. The molecule has 0 fully saturated rings. The fourth-order valence-electron chi connectivity index (χ4n) is 1.80. The third-order valence-electron chi connectivity index (χ3n) is 2.61. The Morgan fingerprint density at radius 2 is 2.25 bits per heavy atom. The van der Waals surface area contributed by atoms with Crippen molar-refractivity contribution in [3.63, 3.8) is 0 Å². The topological polar surface area (TPSA) is 66.0 Å². The number of carbonyl (C=O) groups is 1. The molecule has 1 heterocycles. The average molecular weight is 218 g/mol. The van der Waals surface area contributed by atoms with Gasteiger partial charge in [0.15, 0.2) is 0 Å². The molecule has 1 atom stereocenters. The van der Waals surface area contributed by atoms with Gasteiger partial charge in [-0.15, -0.1) is 0 Å². The Bertz CT molecular complexity index is 471. The molecule has 0 radical (unpaired) electrons. The molecule has 0 spiro atoms. The monoisotopic (exact) mass is 218 g/mol. The Kier molecular flexibility index (Phi) is 2.90. The van der Waals surface area contributed by atoms with Crippen LogP contribution in [0, 0.1) is 0 Å². The van der Waals surface area contributed by atoms with Crippen molar-refractivity contribution in [2.24, 2.45) is 0 Å². The van der Waals surface area contributed by atoms with Crippen molar-refractivity contribution >= 4 is 17.0 Å². The van der Waals surface area contributed by atoms with Gasteiger partial charge in [-0.3, -0.25) is 4.79 Å². The Morgan fingerprint density at radius 1 is 1.50 bits per heavy atom. The average Bonchev–Trinajstić information content (AvgIpc) is 2.68. The standard InChI is InChI=1S/C12H14N2O2/c1-2-5-8(12(15)16)11-13-9-6-3-4-7-10(9)14-11/h3-4,6-8H,2,5H2,1H3,(H,13,14)(H,15,16). The van der Waals surface area contributed by atoms with Gasteiger partial charge in [-0.05, 0) is 18.6 Å². The van der Waals surface area contributed by atoms with E-state index in [0.717, 1.165) is 17.5 Å². The first-order valence-corrected chi connectivity index (χ1v) is 5.40. The molecule has 1 aromatic heterocycles. The largest absolute Gasteiger partial charge is 0.481 e. The molecule has 0 aliphatic rings. The molecular formula is C12H14N2O2. The molecule has 2 rings (SSSR count). The predicted octanol–water partition coefficient (Wildman–Crippen LogP) is 2.53. The van der Waals surface area contributed by atoms with Crippen LogP contribution in [0.15, 0.2) is 24.3 Å². The lowest BCUT2D eigenvalue weighted by Crippen LogP contribution is -2.12. The van der Waals surface area contributed by atoms with E-state index < -0.39 is 11.9 Å². The minimum Gasteiger partial charge on any atom is -0.481 e. The lowest BCUT2D eigenvalue weighted by atomic mass is 10.0. The van der Waals surface area contributed by atoms with E-state index in [-0.39, 0.29) is 0 Å². The summed E-state index contributed by atoms with van der Waals surface area (Å²) in [5.74, 6) is -0.797. The number of carboxylic acid groups (broad SMARTS) is 1. The van der Waals surface area contributed by atoms with E-state index in [0.29, 0.717) is 12.2 Å². The number of nitrogens with zero attached hydrogens (tertiary/aromatic N) is 1. The van der Waals surface area contributed by atoms with Crippen LogP contribution in [-0.4, -0.2) is 21.0 Å². The van der Waals surface area contributed by atoms with Crippen LogP contribution < -0.4 is 0 Å². The molecule has 4 heteroatoms. The minimum atomic E-state index is -0.819. The van der Waals surface area contributed by atoms with Gasteiger partial charge in [-0.2, -0.15) is 0 Å². The molecule has 0 bridgehead atoms. The summed E-state index contributed by atoms with van der Waals surface area (Å²) in [5.41, 5.74) is 1.71. The second-order valence-electron chi connectivity index (χ2n) is 3.82. The van der Waals surface area contributed by atoms with Crippen molar-refractivity contribution in [2.75, 3.05) is 0 Å². The molecule has 16 heavy (non-hydrogen) atoms. The fourth-order valence-corrected chi connectivity index (χ4v) is 1.80. The molecule has 1 aromatic carbocycles. The molecule has 0 aliphatic heterocycles. The van der Waals surface area contributed by atoms with Crippen LogP contribution in [-0.2, 0) is 4.79 Å². The second kappa shape index (κ2) is 4.35. The summed E-state index contributed by atoms with van der Waals surface area (Å²) in [4.78, 5) is 18.5. The number of imidazole rings is 1. The Balaban J connectivity index is 2.40. The smallest absolute Gasteiger partial charge is 0.314 e. The first-order valence-electron chi connectivity index (χ1n) is 5.40. The number of aromatic amines is 1. The van der Waals surface area contributed by atoms with Crippen molar-refractivity contribution < 1.29 is 9.90 Å². The number of para-hydroxylation sites is 2. The van der Waals surface area contributed by atoms with Crippen molar-refractivity contribution in [3.8, 4) is 0 Å². The van der Waals surface area contributed by atoms with Crippen LogP contribution in [0.4, 0.5) is 0 Å². The number of aliphatic carboxylic acids is 1. The van der Waals surface area contributed by atoms with Crippen molar-refractivity contribution in [2.45, 2.75) is 25.7 Å². The van der Waals surface area contributed by atoms with Gasteiger partial charge in [0.1, 0.15) is 11.7 Å². The molecule has 2 aromatic rings. The maximum atomic E-state index is 11.1. The van der Waals surface area contributed by atoms with Crippen LogP contribution in [0.2, 0.25) is 0 Å². The van der Waals surface area contributed by atoms with E-state index in [4.69, 9.17) is 5.11 Å². The van der Waals surface area contributed by atoms with Crippen LogP contribution in [0.25, 0.3) is 11.0 Å². The van der Waals surface area contributed by atoms with Gasteiger partial charge in [0, 0.05) is 0 Å². The van der Waals surface area contributed by atoms with Gasteiger partial charge in [0.05, 0.1) is 11.0 Å². The van der Waals surface area contributed by atoms with Crippen LogP contribution in [0.1, 0.15) is 31.5 Å². The van der Waals surface area contributed by atoms with Gasteiger partial charge in [0.2, 0.25) is 0 Å². The Labute approximate surface area is 93.3 Å². The molecular weight excluding hydrogens is 204 g/mol. The highest BCUT2D eigenvalue weighted by molar-refractivity contribution is 5.79. The number of aromatic nitrogens is 2. The number of hydrogen-bond acceptors (Lipinski definition) is 2. The highest BCUT2D eigenvalue weighted by Gasteiger charge is 2.22. The van der Waals surface area contributed by atoms with E-state index >= 15 is 0 Å². The summed E-state index contributed by atoms with van der Waals surface area (Å²) in [6.07, 6.45) is 1.43. The molecule has 0 amide bonds. The fraction of sp³-hybridized carbons (Fsp3) is 0.333. The van der Waals surface area contributed by atoms with E-state index in [1.165, 1.54) is 0 Å². The van der Waals surface area contributed by atoms with Gasteiger partial charge in [-0.25, -0.2) is 4.98 Å². The van der Waals surface area contributed by atoms with Gasteiger partial charge in [-0.1, -0.05) is 25.5 Å².